The van der Waals surface area contributed by atoms with E-state index in [0.29, 0.717) is 9.78 Å². The van der Waals surface area contributed by atoms with Gasteiger partial charge in [-0.2, -0.15) is 0 Å². The minimum atomic E-state index is -2.51. The fourth-order valence-electron chi connectivity index (χ4n) is 1.38. The summed E-state index contributed by atoms with van der Waals surface area (Å²) in [6, 6.07) is 3.13. The van der Waals surface area contributed by atoms with Gasteiger partial charge < -0.3 is 4.57 Å². The Morgan fingerprint density at radius 2 is 1.92 bits per heavy atom. The van der Waals surface area contributed by atoms with Crippen molar-refractivity contribution >= 4 is 28.4 Å². The van der Waals surface area contributed by atoms with Crippen molar-refractivity contribution in [2.45, 2.75) is 6.92 Å². The van der Waals surface area contributed by atoms with Gasteiger partial charge in [-0.1, -0.05) is 15.9 Å². The topological polar surface area (TPSA) is 17.1 Å². The van der Waals surface area contributed by atoms with Crippen LogP contribution in [0.3, 0.4) is 0 Å². The Morgan fingerprint density at radius 1 is 1.38 bits per heavy atom. The molecule has 4 heteroatoms. The molecule has 0 atom stereocenters. The molecular weight excluding hydrogens is 254 g/mol. The van der Waals surface area contributed by atoms with Gasteiger partial charge in [0.2, 0.25) is 0 Å². The van der Waals surface area contributed by atoms with E-state index in [1.807, 2.05) is 0 Å². The maximum atomic E-state index is 13.4. The second-order valence-corrected chi connectivity index (χ2v) is 7.47. The zero-order valence-corrected chi connectivity index (χ0v) is 10.2. The van der Waals surface area contributed by atoms with E-state index in [2.05, 4.69) is 15.9 Å². The number of hydrogen-bond donors (Lipinski definition) is 0. The summed E-state index contributed by atoms with van der Waals surface area (Å²) in [7, 11) is -2.51. The average Bonchev–Trinajstić information content (AvgIpc) is 1.78. The Bertz CT molecular complexity index is 360. The molecule has 0 heterocycles. The van der Waals surface area contributed by atoms with E-state index in [4.69, 9.17) is 0 Å². The lowest BCUT2D eigenvalue weighted by Crippen LogP contribution is -2.12. The van der Waals surface area contributed by atoms with Crippen LogP contribution < -0.4 is 5.30 Å². The molecule has 0 aliphatic rings. The van der Waals surface area contributed by atoms with Crippen LogP contribution in [0.25, 0.3) is 0 Å². The molecule has 13 heavy (non-hydrogen) atoms. The number of halogens is 2. The first-order valence-electron chi connectivity index (χ1n) is 3.83. The molecule has 0 amide bonds. The SMILES string of the molecule is Cc1cc(Br)cc(F)c1P(C)(C)=O. The van der Waals surface area contributed by atoms with E-state index in [1.165, 1.54) is 6.07 Å². The first-order chi connectivity index (χ1) is 5.82. The molecule has 0 saturated carbocycles. The number of aryl methyl sites for hydroxylation is 1. The van der Waals surface area contributed by atoms with Gasteiger partial charge in [0.15, 0.2) is 0 Å². The molecule has 1 aromatic rings. The van der Waals surface area contributed by atoms with Gasteiger partial charge in [0, 0.05) is 9.78 Å². The summed E-state index contributed by atoms with van der Waals surface area (Å²) >= 11 is 3.18. The van der Waals surface area contributed by atoms with Crippen molar-refractivity contribution in [1.29, 1.82) is 0 Å². The van der Waals surface area contributed by atoms with Gasteiger partial charge in [0.1, 0.15) is 13.0 Å². The number of benzene rings is 1. The normalized spacial score (nSPS) is 11.8. The molecular formula is C9H11BrFOP. The average molecular weight is 265 g/mol. The maximum absolute atomic E-state index is 13.4. The molecule has 0 aliphatic heterocycles. The maximum Gasteiger partial charge on any atom is 0.135 e. The van der Waals surface area contributed by atoms with Gasteiger partial charge in [-0.3, -0.25) is 0 Å². The van der Waals surface area contributed by atoms with E-state index < -0.39 is 7.14 Å². The number of hydrogen-bond acceptors (Lipinski definition) is 1. The van der Waals surface area contributed by atoms with Crippen LogP contribution in [-0.4, -0.2) is 13.3 Å². The monoisotopic (exact) mass is 264 g/mol. The zero-order valence-electron chi connectivity index (χ0n) is 7.77. The molecule has 0 bridgehead atoms. The Labute approximate surface area is 85.8 Å². The van der Waals surface area contributed by atoms with Crippen LogP contribution >= 0.6 is 23.1 Å². The highest BCUT2D eigenvalue weighted by Crippen LogP contribution is 2.37. The Hall–Kier alpha value is -0.140. The number of rotatable bonds is 1. The predicted octanol–water partition coefficient (Wildman–Crippen LogP) is 3.14. The van der Waals surface area contributed by atoms with E-state index in [1.54, 1.807) is 26.3 Å². The summed E-state index contributed by atoms with van der Waals surface area (Å²) < 4.78 is 25.8. The summed E-state index contributed by atoms with van der Waals surface area (Å²) in [5.74, 6) is -0.389. The third-order valence-corrected chi connectivity index (χ3v) is 3.86. The van der Waals surface area contributed by atoms with Gasteiger partial charge >= 0.3 is 0 Å². The molecule has 0 unspecified atom stereocenters. The molecule has 0 N–H and O–H groups in total. The Kier molecular flexibility index (Phi) is 2.98. The van der Waals surface area contributed by atoms with E-state index in [-0.39, 0.29) is 5.82 Å². The highest BCUT2D eigenvalue weighted by atomic mass is 79.9. The van der Waals surface area contributed by atoms with Crippen LogP contribution in [0.2, 0.25) is 0 Å². The third kappa shape index (κ3) is 2.41. The van der Waals surface area contributed by atoms with Crippen LogP contribution in [0.4, 0.5) is 4.39 Å². The zero-order chi connectivity index (χ0) is 10.2. The standard InChI is InChI=1S/C9H11BrFOP/c1-6-4-7(10)5-8(11)9(6)13(2,3)12/h4-5H,1-3H3. The molecule has 1 rings (SSSR count). The molecule has 0 aromatic heterocycles. The summed E-state index contributed by atoms with van der Waals surface area (Å²) in [4.78, 5) is 0. The van der Waals surface area contributed by atoms with Gasteiger partial charge in [-0.15, -0.1) is 0 Å². The van der Waals surface area contributed by atoms with Crippen molar-refractivity contribution in [3.8, 4) is 0 Å². The lowest BCUT2D eigenvalue weighted by atomic mass is 10.2. The van der Waals surface area contributed by atoms with Crippen LogP contribution in [0.1, 0.15) is 5.56 Å². The lowest BCUT2D eigenvalue weighted by molar-refractivity contribution is 0.584. The molecule has 0 fully saturated rings. The predicted molar refractivity (Wildman–Crippen MR) is 57.9 cm³/mol. The largest absolute Gasteiger partial charge is 0.319 e. The van der Waals surface area contributed by atoms with Gasteiger partial charge in [0.25, 0.3) is 0 Å². The molecule has 0 saturated heterocycles. The molecule has 1 aromatic carbocycles. The Balaban J connectivity index is 3.47. The molecule has 0 spiro atoms. The lowest BCUT2D eigenvalue weighted by Gasteiger charge is -2.11. The van der Waals surface area contributed by atoms with Gasteiger partial charge in [-0.05, 0) is 37.9 Å². The van der Waals surface area contributed by atoms with Crippen molar-refractivity contribution < 1.29 is 8.96 Å². The van der Waals surface area contributed by atoms with Crippen LogP contribution in [0.5, 0.6) is 0 Å². The third-order valence-electron chi connectivity index (χ3n) is 1.76. The van der Waals surface area contributed by atoms with Crippen molar-refractivity contribution in [2.24, 2.45) is 0 Å². The molecule has 72 valence electrons. The van der Waals surface area contributed by atoms with E-state index in [9.17, 15) is 8.96 Å². The molecule has 0 radical (unpaired) electrons. The first-order valence-corrected chi connectivity index (χ1v) is 7.23. The second kappa shape index (κ2) is 3.55. The fraction of sp³-hybridized carbons (Fsp3) is 0.333. The molecule has 0 aliphatic carbocycles. The van der Waals surface area contributed by atoms with E-state index >= 15 is 0 Å². The van der Waals surface area contributed by atoms with Crippen LogP contribution in [-0.2, 0) is 4.57 Å². The van der Waals surface area contributed by atoms with E-state index in [0.717, 1.165) is 5.56 Å². The van der Waals surface area contributed by atoms with Crippen molar-refractivity contribution in [2.75, 3.05) is 13.3 Å². The van der Waals surface area contributed by atoms with Crippen LogP contribution in [0, 0.1) is 12.7 Å². The summed E-state index contributed by atoms with van der Waals surface area (Å²) in [5, 5.41) is 0.357. The minimum Gasteiger partial charge on any atom is -0.319 e. The van der Waals surface area contributed by atoms with Crippen molar-refractivity contribution in [3.05, 3.63) is 28.0 Å². The van der Waals surface area contributed by atoms with Crippen LogP contribution in [0.15, 0.2) is 16.6 Å². The first kappa shape index (κ1) is 10.9. The second-order valence-electron chi connectivity index (χ2n) is 3.40. The fourth-order valence-corrected chi connectivity index (χ4v) is 3.41. The van der Waals surface area contributed by atoms with Crippen molar-refractivity contribution in [3.63, 3.8) is 0 Å². The smallest absolute Gasteiger partial charge is 0.135 e. The molecule has 1 nitrogen and oxygen atoms in total. The quantitative estimate of drug-likeness (QED) is 0.713. The summed E-state index contributed by atoms with van der Waals surface area (Å²) in [6.45, 7) is 4.92. The summed E-state index contributed by atoms with van der Waals surface area (Å²) in [6.07, 6.45) is 0. The highest BCUT2D eigenvalue weighted by molar-refractivity contribution is 9.10. The minimum absolute atomic E-state index is 0.357. The summed E-state index contributed by atoms with van der Waals surface area (Å²) in [5.41, 5.74) is 0.736. The highest BCUT2D eigenvalue weighted by Gasteiger charge is 2.19. The van der Waals surface area contributed by atoms with Gasteiger partial charge in [-0.25, -0.2) is 4.39 Å². The Morgan fingerprint density at radius 3 is 2.31 bits per heavy atom. The van der Waals surface area contributed by atoms with Crippen molar-refractivity contribution in [1.82, 2.24) is 0 Å². The van der Waals surface area contributed by atoms with Gasteiger partial charge in [0.05, 0.1) is 0 Å².